The molecule has 0 aliphatic carbocycles. The maximum Gasteiger partial charge on any atom is 0.268 e. The van der Waals surface area contributed by atoms with E-state index >= 15 is 0 Å². The number of rotatable bonds is 5. The molecule has 1 unspecified atom stereocenters. The van der Waals surface area contributed by atoms with Crippen LogP contribution >= 0.6 is 0 Å². The summed E-state index contributed by atoms with van der Waals surface area (Å²) in [5, 5.41) is 0. The van der Waals surface area contributed by atoms with Crippen LogP contribution in [0.2, 0.25) is 0 Å². The fourth-order valence-electron chi connectivity index (χ4n) is 1.69. The molecule has 2 aromatic rings. The lowest BCUT2D eigenvalue weighted by atomic mass is 10.1. The summed E-state index contributed by atoms with van der Waals surface area (Å²) in [6.45, 7) is 2.26. The van der Waals surface area contributed by atoms with E-state index in [4.69, 9.17) is 15.0 Å². The second kappa shape index (κ2) is 6.17. The van der Waals surface area contributed by atoms with Crippen molar-refractivity contribution in [2.75, 3.05) is 0 Å². The van der Waals surface area contributed by atoms with Crippen molar-refractivity contribution in [3.05, 3.63) is 59.5 Å². The highest BCUT2D eigenvalue weighted by Gasteiger charge is 2.10. The van der Waals surface area contributed by atoms with Gasteiger partial charge >= 0.3 is 0 Å². The average Bonchev–Trinajstić information content (AvgIpc) is 2.93. The molecule has 1 aromatic carbocycles. The molecule has 0 radical (unpaired) electrons. The molecule has 3 N–H and O–H groups in total. The lowest BCUT2D eigenvalue weighted by Crippen LogP contribution is -2.29. The normalized spacial score (nSPS) is 12.1. The van der Waals surface area contributed by atoms with Gasteiger partial charge in [0.1, 0.15) is 18.6 Å². The molecular formula is C14H16N2O3. The number of nitrogen functional groups attached to an aromatic ring is 1. The molecular weight excluding hydrogens is 244 g/mol. The van der Waals surface area contributed by atoms with Crippen LogP contribution in [0.3, 0.4) is 0 Å². The van der Waals surface area contributed by atoms with E-state index in [-0.39, 0.29) is 12.0 Å². The summed E-state index contributed by atoms with van der Waals surface area (Å²) in [6.07, 6.45) is 1.31. The summed E-state index contributed by atoms with van der Waals surface area (Å²) in [5.41, 5.74) is 3.52. The number of carbonyl (C=O) groups is 1. The Bertz CT molecular complexity index is 537. The van der Waals surface area contributed by atoms with Crippen molar-refractivity contribution in [1.82, 2.24) is 5.43 Å². The molecule has 0 fully saturated rings. The predicted molar refractivity (Wildman–Crippen MR) is 70.0 cm³/mol. The molecule has 0 saturated carbocycles. The molecule has 0 aliphatic heterocycles. The molecule has 0 aliphatic rings. The topological polar surface area (TPSA) is 77.5 Å². The third-order valence-electron chi connectivity index (χ3n) is 2.79. The summed E-state index contributed by atoms with van der Waals surface area (Å²) in [4.78, 5) is 11.2. The van der Waals surface area contributed by atoms with E-state index in [1.165, 1.54) is 6.26 Å². The van der Waals surface area contributed by atoms with Crippen molar-refractivity contribution >= 4 is 5.91 Å². The van der Waals surface area contributed by atoms with Crippen LogP contribution < -0.4 is 11.3 Å². The van der Waals surface area contributed by atoms with Crippen LogP contribution in [0.4, 0.5) is 0 Å². The van der Waals surface area contributed by atoms with E-state index in [1.54, 1.807) is 6.07 Å². The quantitative estimate of drug-likeness (QED) is 0.490. The monoisotopic (exact) mass is 260 g/mol. The Morgan fingerprint density at radius 3 is 2.84 bits per heavy atom. The fourth-order valence-corrected chi connectivity index (χ4v) is 1.69. The summed E-state index contributed by atoms with van der Waals surface area (Å²) < 4.78 is 10.9. The molecule has 0 spiro atoms. The van der Waals surface area contributed by atoms with Crippen molar-refractivity contribution in [3.63, 3.8) is 0 Å². The standard InChI is InChI=1S/C14H16N2O3/c1-10(11-5-3-2-4-6-11)18-9-13-7-12(8-19-13)14(17)16-15/h2-8,10H,9,15H2,1H3,(H,16,17). The Kier molecular flexibility index (Phi) is 4.33. The van der Waals surface area contributed by atoms with Gasteiger partial charge in [-0.15, -0.1) is 0 Å². The highest BCUT2D eigenvalue weighted by Crippen LogP contribution is 2.18. The zero-order valence-electron chi connectivity index (χ0n) is 10.6. The predicted octanol–water partition coefficient (Wildman–Crippen LogP) is 2.16. The number of ether oxygens (including phenoxy) is 1. The van der Waals surface area contributed by atoms with Gasteiger partial charge in [0, 0.05) is 0 Å². The molecule has 1 aromatic heterocycles. The van der Waals surface area contributed by atoms with Gasteiger partial charge in [0.25, 0.3) is 5.91 Å². The molecule has 1 atom stereocenters. The smallest absolute Gasteiger partial charge is 0.268 e. The van der Waals surface area contributed by atoms with Crippen molar-refractivity contribution < 1.29 is 13.9 Å². The van der Waals surface area contributed by atoms with E-state index in [0.717, 1.165) is 5.56 Å². The van der Waals surface area contributed by atoms with Gasteiger partial charge in [-0.2, -0.15) is 0 Å². The number of hydrazine groups is 1. The van der Waals surface area contributed by atoms with Crippen molar-refractivity contribution in [1.29, 1.82) is 0 Å². The molecule has 1 heterocycles. The summed E-state index contributed by atoms with van der Waals surface area (Å²) in [7, 11) is 0. The van der Waals surface area contributed by atoms with Crippen LogP contribution in [0.1, 0.15) is 34.7 Å². The Labute approximate surface area is 111 Å². The SMILES string of the molecule is CC(OCc1cc(C(=O)NN)co1)c1ccccc1. The van der Waals surface area contributed by atoms with E-state index in [2.05, 4.69) is 0 Å². The summed E-state index contributed by atoms with van der Waals surface area (Å²) in [6, 6.07) is 11.5. The van der Waals surface area contributed by atoms with Crippen LogP contribution in [0.25, 0.3) is 0 Å². The molecule has 0 bridgehead atoms. The first kappa shape index (κ1) is 13.3. The van der Waals surface area contributed by atoms with Gasteiger partial charge in [0.2, 0.25) is 0 Å². The number of nitrogens with one attached hydrogen (secondary N) is 1. The number of carbonyl (C=O) groups excluding carboxylic acids is 1. The second-order valence-electron chi connectivity index (χ2n) is 4.14. The largest absolute Gasteiger partial charge is 0.466 e. The molecule has 100 valence electrons. The summed E-state index contributed by atoms with van der Waals surface area (Å²) in [5.74, 6) is 5.24. The Morgan fingerprint density at radius 2 is 2.16 bits per heavy atom. The number of hydrogen-bond donors (Lipinski definition) is 2. The second-order valence-corrected chi connectivity index (χ2v) is 4.14. The third-order valence-corrected chi connectivity index (χ3v) is 2.79. The first-order valence-electron chi connectivity index (χ1n) is 5.95. The van der Waals surface area contributed by atoms with Crippen LogP contribution in [-0.4, -0.2) is 5.91 Å². The molecule has 1 amide bonds. The fraction of sp³-hybridized carbons (Fsp3) is 0.214. The minimum atomic E-state index is -0.383. The zero-order valence-corrected chi connectivity index (χ0v) is 10.6. The van der Waals surface area contributed by atoms with Crippen molar-refractivity contribution in [3.8, 4) is 0 Å². The van der Waals surface area contributed by atoms with Gasteiger partial charge in [-0.3, -0.25) is 10.2 Å². The Morgan fingerprint density at radius 1 is 1.42 bits per heavy atom. The first-order chi connectivity index (χ1) is 9.20. The Hall–Kier alpha value is -2.11. The lowest BCUT2D eigenvalue weighted by Gasteiger charge is -2.11. The van der Waals surface area contributed by atoms with Gasteiger partial charge in [-0.1, -0.05) is 30.3 Å². The van der Waals surface area contributed by atoms with E-state index in [9.17, 15) is 4.79 Å². The highest BCUT2D eigenvalue weighted by atomic mass is 16.5. The summed E-state index contributed by atoms with van der Waals surface area (Å²) >= 11 is 0. The van der Waals surface area contributed by atoms with Crippen molar-refractivity contribution in [2.24, 2.45) is 5.84 Å². The highest BCUT2D eigenvalue weighted by molar-refractivity contribution is 5.93. The van der Waals surface area contributed by atoms with E-state index < -0.39 is 0 Å². The molecule has 19 heavy (non-hydrogen) atoms. The van der Waals surface area contributed by atoms with E-state index in [1.807, 2.05) is 42.7 Å². The number of amides is 1. The maximum atomic E-state index is 11.2. The minimum Gasteiger partial charge on any atom is -0.466 e. The van der Waals surface area contributed by atoms with Crippen LogP contribution in [0.15, 0.2) is 47.1 Å². The van der Waals surface area contributed by atoms with Crippen LogP contribution in [0, 0.1) is 0 Å². The molecule has 2 rings (SSSR count). The molecule has 5 nitrogen and oxygen atoms in total. The average molecular weight is 260 g/mol. The minimum absolute atomic E-state index is 0.0434. The number of furan rings is 1. The van der Waals surface area contributed by atoms with Crippen molar-refractivity contribution in [2.45, 2.75) is 19.6 Å². The van der Waals surface area contributed by atoms with Gasteiger partial charge in [0.05, 0.1) is 11.7 Å². The lowest BCUT2D eigenvalue weighted by molar-refractivity contribution is 0.0420. The molecule has 0 saturated heterocycles. The number of benzene rings is 1. The number of hydrogen-bond acceptors (Lipinski definition) is 4. The molecule has 5 heteroatoms. The number of nitrogens with two attached hydrogens (primary N) is 1. The maximum absolute atomic E-state index is 11.2. The first-order valence-corrected chi connectivity index (χ1v) is 5.95. The van der Waals surface area contributed by atoms with Crippen LogP contribution in [0.5, 0.6) is 0 Å². The Balaban J connectivity index is 1.92. The van der Waals surface area contributed by atoms with Gasteiger partial charge in [-0.25, -0.2) is 5.84 Å². The zero-order chi connectivity index (χ0) is 13.7. The van der Waals surface area contributed by atoms with Gasteiger partial charge in [-0.05, 0) is 18.6 Å². The van der Waals surface area contributed by atoms with Gasteiger partial charge < -0.3 is 9.15 Å². The van der Waals surface area contributed by atoms with Crippen LogP contribution in [-0.2, 0) is 11.3 Å². The van der Waals surface area contributed by atoms with Gasteiger partial charge in [0.15, 0.2) is 0 Å². The van der Waals surface area contributed by atoms with E-state index in [0.29, 0.717) is 17.9 Å². The third kappa shape index (κ3) is 3.43.